The van der Waals surface area contributed by atoms with Crippen LogP contribution in [0.1, 0.15) is 37.0 Å². The zero-order chi connectivity index (χ0) is 17.0. The summed E-state index contributed by atoms with van der Waals surface area (Å²) in [5.41, 5.74) is 0.507. The van der Waals surface area contributed by atoms with Gasteiger partial charge in [0.05, 0.1) is 11.0 Å². The predicted octanol–water partition coefficient (Wildman–Crippen LogP) is 1.35. The molecule has 1 aliphatic heterocycles. The fourth-order valence-electron chi connectivity index (χ4n) is 2.49. The van der Waals surface area contributed by atoms with Crippen molar-refractivity contribution in [2.24, 2.45) is 0 Å². The number of benzene rings is 1. The number of sulfone groups is 1. The van der Waals surface area contributed by atoms with E-state index in [1.54, 1.807) is 31.2 Å². The van der Waals surface area contributed by atoms with Gasteiger partial charge in [0.1, 0.15) is 5.75 Å². The van der Waals surface area contributed by atoms with Crippen molar-refractivity contribution < 1.29 is 22.7 Å². The fourth-order valence-corrected chi connectivity index (χ4v) is 4.26. The highest BCUT2D eigenvalue weighted by Crippen LogP contribution is 2.19. The first kappa shape index (κ1) is 17.5. The molecule has 0 spiro atoms. The van der Waals surface area contributed by atoms with Gasteiger partial charge >= 0.3 is 0 Å². The van der Waals surface area contributed by atoms with Gasteiger partial charge in [-0.15, -0.1) is 0 Å². The van der Waals surface area contributed by atoms with Gasteiger partial charge in [-0.3, -0.25) is 9.59 Å². The standard InChI is InChI=1S/C16H21NO5S/c1-11(18)13-5-3-6-14(9-13)22-12(2)16(19)17-10-15-7-4-8-23(15,20)21/h3,5-6,9,12,15H,4,7-8,10H2,1-2H3,(H,17,19)/t12-,15-/m0/s1. The van der Waals surface area contributed by atoms with Gasteiger partial charge in [-0.2, -0.15) is 0 Å². The Bertz CT molecular complexity index is 698. The number of carbonyl (C=O) groups excluding carboxylic acids is 2. The number of carbonyl (C=O) groups is 2. The van der Waals surface area contributed by atoms with Crippen molar-refractivity contribution in [3.63, 3.8) is 0 Å². The molecule has 1 fully saturated rings. The zero-order valence-electron chi connectivity index (χ0n) is 13.2. The lowest BCUT2D eigenvalue weighted by atomic mass is 10.1. The van der Waals surface area contributed by atoms with Crippen LogP contribution in [0.4, 0.5) is 0 Å². The van der Waals surface area contributed by atoms with Crippen LogP contribution in [-0.2, 0) is 14.6 Å². The second-order valence-corrected chi connectivity index (χ2v) is 8.12. The molecule has 0 aliphatic carbocycles. The summed E-state index contributed by atoms with van der Waals surface area (Å²) in [4.78, 5) is 23.4. The third-order valence-electron chi connectivity index (χ3n) is 3.89. The van der Waals surface area contributed by atoms with E-state index in [9.17, 15) is 18.0 Å². The maximum absolute atomic E-state index is 12.0. The highest BCUT2D eigenvalue weighted by molar-refractivity contribution is 7.92. The van der Waals surface area contributed by atoms with Crippen LogP contribution in [0.2, 0.25) is 0 Å². The third-order valence-corrected chi connectivity index (χ3v) is 6.17. The summed E-state index contributed by atoms with van der Waals surface area (Å²) < 4.78 is 29.0. The van der Waals surface area contributed by atoms with E-state index in [4.69, 9.17) is 4.74 Å². The van der Waals surface area contributed by atoms with Gasteiger partial charge < -0.3 is 10.1 Å². The Morgan fingerprint density at radius 1 is 1.39 bits per heavy atom. The summed E-state index contributed by atoms with van der Waals surface area (Å²) in [5, 5.41) is 2.13. The minimum absolute atomic E-state index is 0.0843. The Balaban J connectivity index is 1.90. The number of Topliss-reactive ketones (excluding diaryl/α,β-unsaturated/α-hetero) is 1. The summed E-state index contributed by atoms with van der Waals surface area (Å²) in [6, 6.07) is 6.60. The normalized spacial score (nSPS) is 20.7. The Labute approximate surface area is 136 Å². The monoisotopic (exact) mass is 339 g/mol. The van der Waals surface area contributed by atoms with E-state index in [2.05, 4.69) is 5.32 Å². The zero-order valence-corrected chi connectivity index (χ0v) is 14.1. The van der Waals surface area contributed by atoms with Gasteiger partial charge in [-0.25, -0.2) is 8.42 Å². The van der Waals surface area contributed by atoms with E-state index in [0.717, 1.165) is 0 Å². The van der Waals surface area contributed by atoms with Gasteiger partial charge in [0.2, 0.25) is 0 Å². The number of nitrogens with one attached hydrogen (secondary N) is 1. The Kier molecular flexibility index (Phi) is 5.41. The molecule has 1 heterocycles. The summed E-state index contributed by atoms with van der Waals surface area (Å²) in [5.74, 6) is 0.158. The predicted molar refractivity (Wildman–Crippen MR) is 86.4 cm³/mol. The molecule has 1 amide bonds. The average Bonchev–Trinajstić information content (AvgIpc) is 2.83. The second kappa shape index (κ2) is 7.12. The second-order valence-electron chi connectivity index (χ2n) is 5.72. The topological polar surface area (TPSA) is 89.5 Å². The van der Waals surface area contributed by atoms with Gasteiger partial charge in [0.15, 0.2) is 21.7 Å². The van der Waals surface area contributed by atoms with Crippen LogP contribution in [0.5, 0.6) is 5.75 Å². The molecular formula is C16H21NO5S. The highest BCUT2D eigenvalue weighted by atomic mass is 32.2. The molecule has 1 saturated heterocycles. The number of hydrogen-bond donors (Lipinski definition) is 1. The Morgan fingerprint density at radius 3 is 2.74 bits per heavy atom. The van der Waals surface area contributed by atoms with Gasteiger partial charge in [0, 0.05) is 12.1 Å². The minimum atomic E-state index is -3.08. The van der Waals surface area contributed by atoms with E-state index < -0.39 is 21.2 Å². The fraction of sp³-hybridized carbons (Fsp3) is 0.500. The van der Waals surface area contributed by atoms with Crippen LogP contribution >= 0.6 is 0 Å². The molecule has 0 saturated carbocycles. The third kappa shape index (κ3) is 4.54. The first-order valence-corrected chi connectivity index (χ1v) is 9.28. The van der Waals surface area contributed by atoms with E-state index in [1.807, 2.05) is 0 Å². The lowest BCUT2D eigenvalue weighted by Gasteiger charge is -2.16. The molecular weight excluding hydrogens is 318 g/mol. The molecule has 126 valence electrons. The molecule has 0 radical (unpaired) electrons. The number of hydrogen-bond acceptors (Lipinski definition) is 5. The molecule has 1 aromatic carbocycles. The molecule has 0 aromatic heterocycles. The van der Waals surface area contributed by atoms with Crippen LogP contribution in [0.3, 0.4) is 0 Å². The van der Waals surface area contributed by atoms with Crippen LogP contribution < -0.4 is 10.1 Å². The number of ether oxygens (including phenoxy) is 1. The first-order chi connectivity index (χ1) is 10.8. The molecule has 6 nitrogen and oxygen atoms in total. The van der Waals surface area contributed by atoms with Crippen LogP contribution in [0.25, 0.3) is 0 Å². The van der Waals surface area contributed by atoms with E-state index in [1.165, 1.54) is 6.92 Å². The molecule has 0 bridgehead atoms. The molecule has 7 heteroatoms. The van der Waals surface area contributed by atoms with Crippen LogP contribution in [0, 0.1) is 0 Å². The molecule has 1 aromatic rings. The molecule has 0 unspecified atom stereocenters. The van der Waals surface area contributed by atoms with Crippen molar-refractivity contribution in [1.82, 2.24) is 5.32 Å². The maximum Gasteiger partial charge on any atom is 0.260 e. The maximum atomic E-state index is 12.0. The summed E-state index contributed by atoms with van der Waals surface area (Å²) in [6.45, 7) is 3.15. The van der Waals surface area contributed by atoms with Gasteiger partial charge in [0.25, 0.3) is 5.91 Å². The first-order valence-electron chi connectivity index (χ1n) is 7.56. The summed E-state index contributed by atoms with van der Waals surface area (Å²) in [7, 11) is -3.08. The molecule has 2 rings (SSSR count). The van der Waals surface area contributed by atoms with Crippen molar-refractivity contribution in [2.75, 3.05) is 12.3 Å². The lowest BCUT2D eigenvalue weighted by Crippen LogP contribution is -2.41. The minimum Gasteiger partial charge on any atom is -0.481 e. The van der Waals surface area contributed by atoms with Gasteiger partial charge in [-0.05, 0) is 38.8 Å². The molecule has 2 atom stereocenters. The average molecular weight is 339 g/mol. The highest BCUT2D eigenvalue weighted by Gasteiger charge is 2.31. The largest absolute Gasteiger partial charge is 0.481 e. The molecule has 1 N–H and O–H groups in total. The van der Waals surface area contributed by atoms with Crippen LogP contribution in [-0.4, -0.2) is 43.8 Å². The van der Waals surface area contributed by atoms with Crippen molar-refractivity contribution in [2.45, 2.75) is 38.0 Å². The quantitative estimate of drug-likeness (QED) is 0.790. The van der Waals surface area contributed by atoms with Gasteiger partial charge in [-0.1, -0.05) is 12.1 Å². The Hall–Kier alpha value is -1.89. The Morgan fingerprint density at radius 2 is 2.13 bits per heavy atom. The van der Waals surface area contributed by atoms with Crippen molar-refractivity contribution in [3.8, 4) is 5.75 Å². The van der Waals surface area contributed by atoms with Crippen LogP contribution in [0.15, 0.2) is 24.3 Å². The number of amides is 1. The lowest BCUT2D eigenvalue weighted by molar-refractivity contribution is -0.127. The van der Waals surface area contributed by atoms with Crippen molar-refractivity contribution in [1.29, 1.82) is 0 Å². The smallest absolute Gasteiger partial charge is 0.260 e. The van der Waals surface area contributed by atoms with E-state index in [-0.39, 0.29) is 24.0 Å². The molecule has 23 heavy (non-hydrogen) atoms. The van der Waals surface area contributed by atoms with Crippen molar-refractivity contribution >= 4 is 21.5 Å². The van der Waals surface area contributed by atoms with E-state index in [0.29, 0.717) is 24.2 Å². The SMILES string of the molecule is CC(=O)c1cccc(O[C@@H](C)C(=O)NC[C@@H]2CCCS2(=O)=O)c1. The number of rotatable bonds is 6. The van der Waals surface area contributed by atoms with Crippen molar-refractivity contribution in [3.05, 3.63) is 29.8 Å². The molecule has 1 aliphatic rings. The summed E-state index contributed by atoms with van der Waals surface area (Å²) >= 11 is 0. The van der Waals surface area contributed by atoms with E-state index >= 15 is 0 Å². The number of ketones is 1. The summed E-state index contributed by atoms with van der Waals surface area (Å²) in [6.07, 6.45) is 0.451.